The summed E-state index contributed by atoms with van der Waals surface area (Å²) in [6.45, 7) is 1.82. The Balaban J connectivity index is 2.31. The van der Waals surface area contributed by atoms with Crippen LogP contribution in [0.4, 0.5) is 10.3 Å². The maximum absolute atomic E-state index is 13.6. The van der Waals surface area contributed by atoms with Crippen LogP contribution in [0.3, 0.4) is 0 Å². The Kier molecular flexibility index (Phi) is 2.78. The third-order valence-electron chi connectivity index (χ3n) is 3.00. The first-order valence-electron chi connectivity index (χ1n) is 6.05. The quantitative estimate of drug-likeness (QED) is 0.778. The smallest absolute Gasteiger partial charge is 0.215 e. The molecule has 3 rings (SSSR count). The number of methoxy groups -OCH3 is 1. The fourth-order valence-corrected chi connectivity index (χ4v) is 2.17. The Labute approximate surface area is 114 Å². The van der Waals surface area contributed by atoms with Crippen molar-refractivity contribution in [1.82, 2.24) is 14.5 Å². The molecule has 2 N–H and O–H groups in total. The largest absolute Gasteiger partial charge is 0.481 e. The van der Waals surface area contributed by atoms with Crippen LogP contribution in [-0.2, 0) is 0 Å². The topological polar surface area (TPSA) is 66.0 Å². The third-order valence-corrected chi connectivity index (χ3v) is 3.00. The molecule has 3 aromatic rings. The van der Waals surface area contributed by atoms with Gasteiger partial charge in [-0.15, -0.1) is 0 Å². The number of ether oxygens (including phenoxy) is 1. The van der Waals surface area contributed by atoms with Gasteiger partial charge >= 0.3 is 0 Å². The molecule has 0 aliphatic carbocycles. The zero-order chi connectivity index (χ0) is 14.3. The van der Waals surface area contributed by atoms with Crippen LogP contribution in [0, 0.1) is 12.7 Å². The second-order valence-corrected chi connectivity index (χ2v) is 4.49. The molecule has 20 heavy (non-hydrogen) atoms. The number of pyridine rings is 1. The molecule has 2 aromatic heterocycles. The van der Waals surface area contributed by atoms with E-state index in [9.17, 15) is 4.39 Å². The molecule has 1 aromatic carbocycles. The van der Waals surface area contributed by atoms with Gasteiger partial charge in [-0.05, 0) is 36.8 Å². The van der Waals surface area contributed by atoms with Crippen LogP contribution in [0.25, 0.3) is 16.9 Å². The number of aryl methyl sites for hydroxylation is 1. The van der Waals surface area contributed by atoms with Gasteiger partial charge in [0.05, 0.1) is 12.8 Å². The van der Waals surface area contributed by atoms with E-state index in [4.69, 9.17) is 10.5 Å². The van der Waals surface area contributed by atoms with Crippen molar-refractivity contribution in [3.8, 4) is 11.6 Å². The van der Waals surface area contributed by atoms with Crippen LogP contribution in [0.5, 0.6) is 5.88 Å². The van der Waals surface area contributed by atoms with Crippen LogP contribution in [0.15, 0.2) is 30.3 Å². The van der Waals surface area contributed by atoms with Gasteiger partial charge in [0.1, 0.15) is 11.3 Å². The molecule has 0 saturated heterocycles. The number of hydrogen-bond donors (Lipinski definition) is 1. The second kappa shape index (κ2) is 4.48. The van der Waals surface area contributed by atoms with Gasteiger partial charge in [0.25, 0.3) is 0 Å². The van der Waals surface area contributed by atoms with Gasteiger partial charge in [-0.2, -0.15) is 4.98 Å². The summed E-state index contributed by atoms with van der Waals surface area (Å²) in [6.07, 6.45) is 0. The van der Waals surface area contributed by atoms with Gasteiger partial charge in [-0.25, -0.2) is 9.37 Å². The van der Waals surface area contributed by atoms with Crippen molar-refractivity contribution in [2.24, 2.45) is 0 Å². The molecular formula is C14H13FN4O. The number of fused-ring (bicyclic) bond motifs is 1. The van der Waals surface area contributed by atoms with Crippen molar-refractivity contribution in [2.75, 3.05) is 12.8 Å². The highest BCUT2D eigenvalue weighted by atomic mass is 19.1. The molecule has 0 radical (unpaired) electrons. The lowest BCUT2D eigenvalue weighted by molar-refractivity contribution is 0.399. The number of aromatic nitrogens is 3. The Morgan fingerprint density at radius 2 is 2.00 bits per heavy atom. The van der Waals surface area contributed by atoms with Crippen molar-refractivity contribution in [3.63, 3.8) is 0 Å². The molecule has 0 atom stereocenters. The molecule has 0 aliphatic rings. The molecule has 0 amide bonds. The average Bonchev–Trinajstić information content (AvgIpc) is 2.72. The molecule has 0 fully saturated rings. The van der Waals surface area contributed by atoms with E-state index in [1.165, 1.54) is 19.2 Å². The number of rotatable bonds is 2. The lowest BCUT2D eigenvalue weighted by Gasteiger charge is -2.07. The fourth-order valence-electron chi connectivity index (χ4n) is 2.17. The third kappa shape index (κ3) is 1.95. The standard InChI is InChI=1S/C14H13FN4O/c1-8-5-9(15)7-10(6-8)19-13-11(17-14(19)16)3-4-12(18-13)20-2/h3-7H,1-2H3,(H2,16,17). The summed E-state index contributed by atoms with van der Waals surface area (Å²) >= 11 is 0. The average molecular weight is 272 g/mol. The first kappa shape index (κ1) is 12.4. The lowest BCUT2D eigenvalue weighted by atomic mass is 10.2. The maximum Gasteiger partial charge on any atom is 0.215 e. The molecule has 2 heterocycles. The summed E-state index contributed by atoms with van der Waals surface area (Å²) in [5, 5.41) is 0. The van der Waals surface area contributed by atoms with E-state index >= 15 is 0 Å². The molecule has 6 heteroatoms. The van der Waals surface area contributed by atoms with E-state index in [1.54, 1.807) is 16.7 Å². The van der Waals surface area contributed by atoms with E-state index in [2.05, 4.69) is 9.97 Å². The van der Waals surface area contributed by atoms with Crippen molar-refractivity contribution in [2.45, 2.75) is 6.92 Å². The zero-order valence-electron chi connectivity index (χ0n) is 11.1. The van der Waals surface area contributed by atoms with Gasteiger partial charge in [-0.1, -0.05) is 0 Å². The molecule has 0 aliphatic heterocycles. The van der Waals surface area contributed by atoms with E-state index in [-0.39, 0.29) is 11.8 Å². The number of hydrogen-bond acceptors (Lipinski definition) is 4. The predicted molar refractivity (Wildman–Crippen MR) is 74.5 cm³/mol. The molecule has 5 nitrogen and oxygen atoms in total. The van der Waals surface area contributed by atoms with Crippen molar-refractivity contribution >= 4 is 17.1 Å². The van der Waals surface area contributed by atoms with Crippen LogP contribution in [-0.4, -0.2) is 21.6 Å². The van der Waals surface area contributed by atoms with E-state index in [0.29, 0.717) is 22.7 Å². The molecule has 0 spiro atoms. The second-order valence-electron chi connectivity index (χ2n) is 4.49. The number of nitrogen functional groups attached to an aromatic ring is 1. The van der Waals surface area contributed by atoms with Crippen LogP contribution in [0.2, 0.25) is 0 Å². The Morgan fingerprint density at radius 1 is 1.20 bits per heavy atom. The number of anilines is 1. The van der Waals surface area contributed by atoms with Gasteiger partial charge in [0.15, 0.2) is 5.65 Å². The summed E-state index contributed by atoms with van der Waals surface area (Å²) in [6, 6.07) is 8.14. The minimum atomic E-state index is -0.329. The number of nitrogens with zero attached hydrogens (tertiary/aromatic N) is 3. The van der Waals surface area contributed by atoms with Crippen LogP contribution >= 0.6 is 0 Å². The Morgan fingerprint density at radius 3 is 2.70 bits per heavy atom. The predicted octanol–water partition coefficient (Wildman–Crippen LogP) is 2.46. The monoisotopic (exact) mass is 272 g/mol. The summed E-state index contributed by atoms with van der Waals surface area (Å²) in [5.41, 5.74) is 8.47. The summed E-state index contributed by atoms with van der Waals surface area (Å²) < 4.78 is 20.3. The van der Waals surface area contributed by atoms with Crippen LogP contribution < -0.4 is 10.5 Å². The maximum atomic E-state index is 13.6. The first-order chi connectivity index (χ1) is 9.58. The van der Waals surface area contributed by atoms with Gasteiger partial charge < -0.3 is 10.5 Å². The highest BCUT2D eigenvalue weighted by Gasteiger charge is 2.13. The van der Waals surface area contributed by atoms with Gasteiger partial charge in [0, 0.05) is 6.07 Å². The number of benzene rings is 1. The van der Waals surface area contributed by atoms with E-state index < -0.39 is 0 Å². The lowest BCUT2D eigenvalue weighted by Crippen LogP contribution is -2.02. The van der Waals surface area contributed by atoms with Crippen molar-refractivity contribution < 1.29 is 9.13 Å². The molecular weight excluding hydrogens is 259 g/mol. The minimum Gasteiger partial charge on any atom is -0.481 e. The summed E-state index contributed by atoms with van der Waals surface area (Å²) in [5.74, 6) is 0.377. The Bertz CT molecular complexity index is 777. The normalized spacial score (nSPS) is 10.9. The summed E-state index contributed by atoms with van der Waals surface area (Å²) in [4.78, 5) is 8.55. The number of nitrogens with two attached hydrogens (primary N) is 1. The first-order valence-corrected chi connectivity index (χ1v) is 6.05. The molecule has 102 valence electrons. The SMILES string of the molecule is COc1ccc2nc(N)n(-c3cc(C)cc(F)c3)c2n1. The molecule has 0 bridgehead atoms. The van der Waals surface area contributed by atoms with Gasteiger partial charge in [0.2, 0.25) is 11.8 Å². The highest BCUT2D eigenvalue weighted by molar-refractivity contribution is 5.77. The molecule has 0 unspecified atom stereocenters. The van der Waals surface area contributed by atoms with Crippen molar-refractivity contribution in [3.05, 3.63) is 41.7 Å². The fraction of sp³-hybridized carbons (Fsp3) is 0.143. The minimum absolute atomic E-state index is 0.255. The highest BCUT2D eigenvalue weighted by Crippen LogP contribution is 2.24. The van der Waals surface area contributed by atoms with E-state index in [1.807, 2.05) is 13.0 Å². The van der Waals surface area contributed by atoms with Crippen molar-refractivity contribution in [1.29, 1.82) is 0 Å². The van der Waals surface area contributed by atoms with Crippen LogP contribution in [0.1, 0.15) is 5.56 Å². The summed E-state index contributed by atoms with van der Waals surface area (Å²) in [7, 11) is 1.53. The van der Waals surface area contributed by atoms with Gasteiger partial charge in [-0.3, -0.25) is 4.57 Å². The Hall–Kier alpha value is -2.63. The van der Waals surface area contributed by atoms with E-state index in [0.717, 1.165) is 5.56 Å². The number of halogens is 1. The number of imidazole rings is 1. The molecule has 0 saturated carbocycles. The zero-order valence-corrected chi connectivity index (χ0v) is 11.1.